The fourth-order valence-electron chi connectivity index (χ4n) is 3.82. The summed E-state index contributed by atoms with van der Waals surface area (Å²) in [5.41, 5.74) is 4.29. The Labute approximate surface area is 149 Å². The van der Waals surface area contributed by atoms with Crippen molar-refractivity contribution in [3.8, 4) is 11.5 Å². The monoisotopic (exact) mass is 343 g/mol. The highest BCUT2D eigenvalue weighted by molar-refractivity contribution is 5.95. The van der Waals surface area contributed by atoms with Gasteiger partial charge in [0.25, 0.3) is 0 Å². The van der Waals surface area contributed by atoms with Gasteiger partial charge in [0.05, 0.1) is 5.52 Å². The average molecular weight is 343 g/mol. The predicted molar refractivity (Wildman–Crippen MR) is 103 cm³/mol. The van der Waals surface area contributed by atoms with E-state index in [0.29, 0.717) is 5.92 Å². The van der Waals surface area contributed by atoms with Crippen molar-refractivity contribution in [3.63, 3.8) is 0 Å². The summed E-state index contributed by atoms with van der Waals surface area (Å²) in [5, 5.41) is 27.6. The van der Waals surface area contributed by atoms with E-state index < -0.39 is 0 Å². The molecule has 2 heterocycles. The van der Waals surface area contributed by atoms with E-state index in [1.54, 1.807) is 12.1 Å². The molecule has 1 fully saturated rings. The molecule has 1 aromatic carbocycles. The highest BCUT2D eigenvalue weighted by Gasteiger charge is 2.22. The maximum Gasteiger partial charge on any atom is 0.159 e. The number of aryl methyl sites for hydroxylation is 1. The lowest BCUT2D eigenvalue weighted by molar-refractivity contribution is 0.390. The lowest BCUT2D eigenvalue weighted by atomic mass is 9.97. The van der Waals surface area contributed by atoms with Gasteiger partial charge in [-0.2, -0.15) is 0 Å². The fraction of sp³-hybridized carbons (Fsp3) is 0.550. The number of phenolic OH excluding ortho intramolecular Hbond substituents is 2. The largest absolute Gasteiger partial charge is 0.504 e. The number of piperidine rings is 1. The molecule has 1 aliphatic carbocycles. The van der Waals surface area contributed by atoms with Gasteiger partial charge < -0.3 is 20.8 Å². The molecule has 0 saturated carbocycles. The molecule has 1 aliphatic heterocycles. The zero-order valence-corrected chi connectivity index (χ0v) is 15.2. The molecule has 4 rings (SSSR count). The highest BCUT2D eigenvalue weighted by atomic mass is 16.3. The summed E-state index contributed by atoms with van der Waals surface area (Å²) in [6, 6.07) is 3.21. The molecule has 0 radical (unpaired) electrons. The number of benzene rings is 1. The van der Waals surface area contributed by atoms with Gasteiger partial charge in [-0.25, -0.2) is 0 Å². The standard InChI is InChI=1S/C18H23N3O2.C2H6/c22-16-8-13-15(9-17(16)23)21-14-3-1-2-12(14)18(13)20-10-11-4-6-19-7-5-11;1-2/h8-9,11,19,22-23H,1-7,10H2,(H,20,21);1-2H3. The average Bonchev–Trinajstić information content (AvgIpc) is 3.11. The number of aromatic nitrogens is 1. The van der Waals surface area contributed by atoms with Gasteiger partial charge in [-0.05, 0) is 62.7 Å². The number of phenols is 2. The van der Waals surface area contributed by atoms with Gasteiger partial charge in [-0.3, -0.25) is 4.98 Å². The maximum atomic E-state index is 9.89. The Kier molecular flexibility index (Phi) is 5.63. The van der Waals surface area contributed by atoms with E-state index in [0.717, 1.165) is 61.2 Å². The summed E-state index contributed by atoms with van der Waals surface area (Å²) >= 11 is 0. The molecule has 25 heavy (non-hydrogen) atoms. The number of hydrogen-bond acceptors (Lipinski definition) is 5. The maximum absolute atomic E-state index is 9.89. The molecular weight excluding hydrogens is 314 g/mol. The topological polar surface area (TPSA) is 77.4 Å². The minimum absolute atomic E-state index is 0.0813. The minimum Gasteiger partial charge on any atom is -0.504 e. The number of fused-ring (bicyclic) bond motifs is 2. The van der Waals surface area contributed by atoms with E-state index >= 15 is 0 Å². The fourth-order valence-corrected chi connectivity index (χ4v) is 3.82. The van der Waals surface area contributed by atoms with Crippen molar-refractivity contribution in [3.05, 3.63) is 23.4 Å². The van der Waals surface area contributed by atoms with Crippen LogP contribution in [0.2, 0.25) is 0 Å². The van der Waals surface area contributed by atoms with Gasteiger partial charge in [-0.1, -0.05) is 13.8 Å². The SMILES string of the molecule is CC.Oc1cc2nc3c(c(NCC4CCNCC4)c2cc1O)CCC3. The Morgan fingerprint density at radius 2 is 1.84 bits per heavy atom. The molecule has 0 bridgehead atoms. The van der Waals surface area contributed by atoms with Gasteiger partial charge in [0.1, 0.15) is 0 Å². The van der Waals surface area contributed by atoms with E-state index in [1.165, 1.54) is 18.4 Å². The van der Waals surface area contributed by atoms with Gasteiger partial charge in [0.15, 0.2) is 11.5 Å². The number of anilines is 1. The summed E-state index contributed by atoms with van der Waals surface area (Å²) < 4.78 is 0. The molecule has 5 nitrogen and oxygen atoms in total. The molecule has 0 amide bonds. The van der Waals surface area contributed by atoms with Crippen LogP contribution in [0.4, 0.5) is 5.69 Å². The normalized spacial score (nSPS) is 17.0. The zero-order chi connectivity index (χ0) is 17.8. The summed E-state index contributed by atoms with van der Waals surface area (Å²) in [5.74, 6) is 0.497. The summed E-state index contributed by atoms with van der Waals surface area (Å²) in [6.45, 7) is 7.14. The third-order valence-electron chi connectivity index (χ3n) is 5.13. The smallest absolute Gasteiger partial charge is 0.159 e. The van der Waals surface area contributed by atoms with Crippen LogP contribution in [0.15, 0.2) is 12.1 Å². The number of hydrogen-bond donors (Lipinski definition) is 4. The van der Waals surface area contributed by atoms with E-state index in [1.807, 2.05) is 13.8 Å². The van der Waals surface area contributed by atoms with Gasteiger partial charge in [0.2, 0.25) is 0 Å². The third kappa shape index (κ3) is 3.66. The summed E-state index contributed by atoms with van der Waals surface area (Å²) in [7, 11) is 0. The van der Waals surface area contributed by atoms with Crippen LogP contribution in [0.1, 0.15) is 44.4 Å². The molecule has 2 aromatic rings. The lowest BCUT2D eigenvalue weighted by Gasteiger charge is -2.24. The van der Waals surface area contributed by atoms with Crippen LogP contribution >= 0.6 is 0 Å². The molecule has 1 aromatic heterocycles. The minimum atomic E-state index is -0.104. The number of pyridine rings is 1. The zero-order valence-electron chi connectivity index (χ0n) is 15.2. The van der Waals surface area contributed by atoms with Gasteiger partial charge in [-0.15, -0.1) is 0 Å². The summed E-state index contributed by atoms with van der Waals surface area (Å²) in [4.78, 5) is 4.69. The molecule has 2 aliphatic rings. The highest BCUT2D eigenvalue weighted by Crippen LogP contribution is 2.38. The Morgan fingerprint density at radius 1 is 1.12 bits per heavy atom. The lowest BCUT2D eigenvalue weighted by Crippen LogP contribution is -2.31. The predicted octanol–water partition coefficient (Wildman–Crippen LogP) is 3.57. The number of aromatic hydroxyl groups is 2. The van der Waals surface area contributed by atoms with Crippen LogP contribution in [-0.4, -0.2) is 34.8 Å². The number of nitrogens with one attached hydrogen (secondary N) is 2. The van der Waals surface area contributed by atoms with Gasteiger partial charge >= 0.3 is 0 Å². The van der Waals surface area contributed by atoms with Crippen molar-refractivity contribution in [2.24, 2.45) is 5.92 Å². The summed E-state index contributed by atoms with van der Waals surface area (Å²) in [6.07, 6.45) is 5.55. The number of rotatable bonds is 3. The molecule has 0 unspecified atom stereocenters. The Morgan fingerprint density at radius 3 is 2.60 bits per heavy atom. The molecular formula is C20H29N3O2. The van der Waals surface area contributed by atoms with Gasteiger partial charge in [0, 0.05) is 29.4 Å². The quantitative estimate of drug-likeness (QED) is 0.641. The van der Waals surface area contributed by atoms with Crippen molar-refractivity contribution in [1.82, 2.24) is 10.3 Å². The van der Waals surface area contributed by atoms with Crippen molar-refractivity contribution in [1.29, 1.82) is 0 Å². The van der Waals surface area contributed by atoms with Crippen molar-refractivity contribution in [2.75, 3.05) is 25.0 Å². The molecule has 1 saturated heterocycles. The first-order chi connectivity index (χ1) is 12.2. The Hall–Kier alpha value is -2.01. The first-order valence-corrected chi connectivity index (χ1v) is 9.54. The second-order valence-corrected chi connectivity index (χ2v) is 6.70. The first kappa shape index (κ1) is 17.8. The third-order valence-corrected chi connectivity index (χ3v) is 5.13. The molecule has 0 spiro atoms. The van der Waals surface area contributed by atoms with Crippen molar-refractivity contribution >= 4 is 16.6 Å². The van der Waals surface area contributed by atoms with Crippen LogP contribution in [0.25, 0.3) is 10.9 Å². The molecule has 0 atom stereocenters. The van der Waals surface area contributed by atoms with E-state index in [4.69, 9.17) is 4.98 Å². The van der Waals surface area contributed by atoms with Crippen LogP contribution in [0.3, 0.4) is 0 Å². The Bertz CT molecular complexity index is 740. The first-order valence-electron chi connectivity index (χ1n) is 9.54. The molecule has 136 valence electrons. The second kappa shape index (κ2) is 7.91. The Balaban J connectivity index is 0.000000880. The van der Waals surface area contributed by atoms with Crippen molar-refractivity contribution < 1.29 is 10.2 Å². The second-order valence-electron chi connectivity index (χ2n) is 6.70. The van der Waals surface area contributed by atoms with Crippen LogP contribution < -0.4 is 10.6 Å². The van der Waals surface area contributed by atoms with Crippen LogP contribution in [0.5, 0.6) is 11.5 Å². The van der Waals surface area contributed by atoms with Crippen molar-refractivity contribution in [2.45, 2.75) is 46.0 Å². The van der Waals surface area contributed by atoms with E-state index in [-0.39, 0.29) is 11.5 Å². The van der Waals surface area contributed by atoms with Crippen LogP contribution in [-0.2, 0) is 12.8 Å². The van der Waals surface area contributed by atoms with E-state index in [2.05, 4.69) is 10.6 Å². The van der Waals surface area contributed by atoms with Crippen LogP contribution in [0, 0.1) is 5.92 Å². The molecule has 4 N–H and O–H groups in total. The van der Waals surface area contributed by atoms with E-state index in [9.17, 15) is 10.2 Å². The number of nitrogens with zero attached hydrogens (tertiary/aromatic N) is 1. The molecule has 5 heteroatoms.